The van der Waals surface area contributed by atoms with Gasteiger partial charge in [0.1, 0.15) is 0 Å². The highest BCUT2D eigenvalue weighted by Gasteiger charge is 2.23. The fraction of sp³-hybridized carbons (Fsp3) is 0.692. The summed E-state index contributed by atoms with van der Waals surface area (Å²) in [6.45, 7) is 3.18. The Morgan fingerprint density at radius 2 is 2.09 bits per heavy atom. The van der Waals surface area contributed by atoms with E-state index in [1.54, 1.807) is 11.1 Å². The van der Waals surface area contributed by atoms with Gasteiger partial charge in [0.2, 0.25) is 10.0 Å². The first-order valence-corrected chi connectivity index (χ1v) is 9.27. The van der Waals surface area contributed by atoms with Crippen molar-refractivity contribution >= 4 is 16.1 Å². The molecule has 124 valence electrons. The lowest BCUT2D eigenvalue weighted by Crippen LogP contribution is -2.42. The zero-order valence-corrected chi connectivity index (χ0v) is 13.6. The maximum Gasteiger partial charge on any atom is 0.317 e. The number of aromatic nitrogens is 2. The number of hydrogen-bond donors (Lipinski definition) is 1. The molecule has 8 nitrogen and oxygen atoms in total. The molecule has 0 saturated carbocycles. The third-order valence-corrected chi connectivity index (χ3v) is 4.91. The van der Waals surface area contributed by atoms with Crippen molar-refractivity contribution < 1.29 is 13.2 Å². The molecule has 0 bridgehead atoms. The topological polar surface area (TPSA) is 87.5 Å². The monoisotopic (exact) mass is 329 g/mol. The standard InChI is InChI=1S/C13H23N5O3S/c1-22(20,21)18-10-4-7-16(11-12-18)13(19)14-5-2-8-17-9-3-6-15-17/h3,6,9H,2,4-5,7-8,10-12H2,1H3,(H,14,19). The van der Waals surface area contributed by atoms with Gasteiger partial charge in [-0.1, -0.05) is 0 Å². The Morgan fingerprint density at radius 1 is 1.27 bits per heavy atom. The average molecular weight is 329 g/mol. The number of sulfonamides is 1. The van der Waals surface area contributed by atoms with Gasteiger partial charge in [-0.15, -0.1) is 0 Å². The Kier molecular flexibility index (Phi) is 5.78. The molecule has 1 saturated heterocycles. The van der Waals surface area contributed by atoms with Crippen LogP contribution in [-0.4, -0.2) is 72.4 Å². The van der Waals surface area contributed by atoms with Crippen LogP contribution >= 0.6 is 0 Å². The highest BCUT2D eigenvalue weighted by atomic mass is 32.2. The molecule has 1 aliphatic heterocycles. The first-order valence-electron chi connectivity index (χ1n) is 7.42. The highest BCUT2D eigenvalue weighted by Crippen LogP contribution is 2.07. The van der Waals surface area contributed by atoms with Gasteiger partial charge in [0.25, 0.3) is 0 Å². The van der Waals surface area contributed by atoms with E-state index in [0.29, 0.717) is 39.1 Å². The molecule has 0 radical (unpaired) electrons. The summed E-state index contributed by atoms with van der Waals surface area (Å²) >= 11 is 0. The van der Waals surface area contributed by atoms with E-state index in [1.165, 1.54) is 10.6 Å². The maximum atomic E-state index is 12.1. The number of carbonyl (C=O) groups excluding carboxylic acids is 1. The SMILES string of the molecule is CS(=O)(=O)N1CCCN(C(=O)NCCCn2cccn2)CC1. The highest BCUT2D eigenvalue weighted by molar-refractivity contribution is 7.88. The Hall–Kier alpha value is -1.61. The van der Waals surface area contributed by atoms with E-state index < -0.39 is 10.0 Å². The Labute approximate surface area is 131 Å². The molecule has 2 amide bonds. The molecule has 0 aromatic carbocycles. The minimum atomic E-state index is -3.18. The van der Waals surface area contributed by atoms with Crippen molar-refractivity contribution in [2.45, 2.75) is 19.4 Å². The number of nitrogens with one attached hydrogen (secondary N) is 1. The third-order valence-electron chi connectivity index (χ3n) is 3.61. The van der Waals surface area contributed by atoms with Crippen LogP contribution in [0.15, 0.2) is 18.5 Å². The molecule has 2 rings (SSSR count). The van der Waals surface area contributed by atoms with Crippen LogP contribution in [0.25, 0.3) is 0 Å². The Morgan fingerprint density at radius 3 is 2.77 bits per heavy atom. The summed E-state index contributed by atoms with van der Waals surface area (Å²) < 4.78 is 26.3. The number of amides is 2. The van der Waals surface area contributed by atoms with Crippen molar-refractivity contribution in [3.05, 3.63) is 18.5 Å². The van der Waals surface area contributed by atoms with Crippen molar-refractivity contribution in [2.24, 2.45) is 0 Å². The number of rotatable bonds is 5. The summed E-state index contributed by atoms with van der Waals surface area (Å²) in [4.78, 5) is 13.8. The largest absolute Gasteiger partial charge is 0.338 e. The molecule has 1 aromatic heterocycles. The minimum absolute atomic E-state index is 0.129. The summed E-state index contributed by atoms with van der Waals surface area (Å²) in [5.41, 5.74) is 0. The van der Waals surface area contributed by atoms with Gasteiger partial charge in [0, 0.05) is 51.7 Å². The van der Waals surface area contributed by atoms with Crippen molar-refractivity contribution in [1.29, 1.82) is 0 Å². The summed E-state index contributed by atoms with van der Waals surface area (Å²) in [5, 5.41) is 6.97. The van der Waals surface area contributed by atoms with Gasteiger partial charge in [-0.3, -0.25) is 4.68 Å². The number of hydrogen-bond acceptors (Lipinski definition) is 4. The summed E-state index contributed by atoms with van der Waals surface area (Å²) in [6.07, 6.45) is 6.28. The molecule has 0 spiro atoms. The molecule has 1 fully saturated rings. The lowest BCUT2D eigenvalue weighted by atomic mass is 10.4. The molecular formula is C13H23N5O3S. The molecule has 1 aliphatic rings. The molecule has 0 atom stereocenters. The van der Waals surface area contributed by atoms with Crippen LogP contribution in [0.5, 0.6) is 0 Å². The van der Waals surface area contributed by atoms with Gasteiger partial charge in [-0.25, -0.2) is 17.5 Å². The fourth-order valence-corrected chi connectivity index (χ4v) is 3.28. The van der Waals surface area contributed by atoms with Gasteiger partial charge in [0.05, 0.1) is 6.26 Å². The molecule has 1 N–H and O–H groups in total. The van der Waals surface area contributed by atoms with Gasteiger partial charge >= 0.3 is 6.03 Å². The quantitative estimate of drug-likeness (QED) is 0.767. The van der Waals surface area contributed by atoms with E-state index >= 15 is 0 Å². The predicted molar refractivity (Wildman–Crippen MR) is 82.8 cm³/mol. The first kappa shape index (κ1) is 16.8. The molecule has 0 aliphatic carbocycles. The Bertz CT molecular complexity index is 573. The molecule has 9 heteroatoms. The van der Waals surface area contributed by atoms with Crippen LogP contribution in [-0.2, 0) is 16.6 Å². The van der Waals surface area contributed by atoms with Crippen LogP contribution in [0.4, 0.5) is 4.79 Å². The molecule has 22 heavy (non-hydrogen) atoms. The second-order valence-electron chi connectivity index (χ2n) is 5.36. The van der Waals surface area contributed by atoms with Crippen LogP contribution in [0, 0.1) is 0 Å². The molecular weight excluding hydrogens is 306 g/mol. The van der Waals surface area contributed by atoms with E-state index in [4.69, 9.17) is 0 Å². The third kappa shape index (κ3) is 4.99. The smallest absolute Gasteiger partial charge is 0.317 e. The maximum absolute atomic E-state index is 12.1. The van der Waals surface area contributed by atoms with Crippen molar-refractivity contribution in [3.8, 4) is 0 Å². The van der Waals surface area contributed by atoms with E-state index in [2.05, 4.69) is 10.4 Å². The van der Waals surface area contributed by atoms with Crippen molar-refractivity contribution in [2.75, 3.05) is 39.0 Å². The summed E-state index contributed by atoms with van der Waals surface area (Å²) in [6, 6.07) is 1.74. The normalized spacial score (nSPS) is 17.2. The van der Waals surface area contributed by atoms with Crippen molar-refractivity contribution in [1.82, 2.24) is 24.3 Å². The average Bonchev–Trinajstić information content (AvgIpc) is 2.83. The molecule has 0 unspecified atom stereocenters. The van der Waals surface area contributed by atoms with Crippen molar-refractivity contribution in [3.63, 3.8) is 0 Å². The molecule has 1 aromatic rings. The van der Waals surface area contributed by atoms with Crippen LogP contribution < -0.4 is 5.32 Å². The Balaban J connectivity index is 1.71. The number of urea groups is 1. The van der Waals surface area contributed by atoms with Crippen LogP contribution in [0.3, 0.4) is 0 Å². The predicted octanol–water partition coefficient (Wildman–Crippen LogP) is -0.0499. The first-order chi connectivity index (χ1) is 10.5. The fourth-order valence-electron chi connectivity index (χ4n) is 2.41. The van der Waals surface area contributed by atoms with E-state index in [-0.39, 0.29) is 6.03 Å². The van der Waals surface area contributed by atoms with Gasteiger partial charge in [-0.05, 0) is 18.9 Å². The summed E-state index contributed by atoms with van der Waals surface area (Å²) in [7, 11) is -3.18. The lowest BCUT2D eigenvalue weighted by Gasteiger charge is -2.21. The zero-order chi connectivity index (χ0) is 16.0. The van der Waals surface area contributed by atoms with Crippen LogP contribution in [0.2, 0.25) is 0 Å². The minimum Gasteiger partial charge on any atom is -0.338 e. The van der Waals surface area contributed by atoms with Crippen LogP contribution in [0.1, 0.15) is 12.8 Å². The summed E-state index contributed by atoms with van der Waals surface area (Å²) in [5.74, 6) is 0. The lowest BCUT2D eigenvalue weighted by molar-refractivity contribution is 0.200. The van der Waals surface area contributed by atoms with E-state index in [1.807, 2.05) is 16.9 Å². The van der Waals surface area contributed by atoms with E-state index in [9.17, 15) is 13.2 Å². The van der Waals surface area contributed by atoms with Gasteiger partial charge in [-0.2, -0.15) is 5.10 Å². The second kappa shape index (κ2) is 7.59. The number of aryl methyl sites for hydroxylation is 1. The molecule has 2 heterocycles. The van der Waals surface area contributed by atoms with Gasteiger partial charge in [0.15, 0.2) is 0 Å². The number of nitrogens with zero attached hydrogens (tertiary/aromatic N) is 4. The second-order valence-corrected chi connectivity index (χ2v) is 7.34. The van der Waals surface area contributed by atoms with E-state index in [0.717, 1.165) is 13.0 Å². The number of carbonyl (C=O) groups is 1. The van der Waals surface area contributed by atoms with Gasteiger partial charge < -0.3 is 10.2 Å². The zero-order valence-electron chi connectivity index (χ0n) is 12.8.